The lowest BCUT2D eigenvalue weighted by Crippen LogP contribution is -1.96. The van der Waals surface area contributed by atoms with E-state index in [1.165, 1.54) is 18.2 Å². The maximum Gasteiger partial charge on any atom is 0.252 e. The molecule has 5 heteroatoms. The monoisotopic (exact) mass is 227 g/mol. The van der Waals surface area contributed by atoms with E-state index in [0.717, 1.165) is 0 Å². The number of benzene rings is 1. The SMILES string of the molecule is N#Cc1cc(C(=O)Cl)cc(C(=O)Cl)c1. The molecule has 0 amide bonds. The van der Waals surface area contributed by atoms with Crippen molar-refractivity contribution < 1.29 is 9.59 Å². The van der Waals surface area contributed by atoms with E-state index < -0.39 is 10.5 Å². The Balaban J connectivity index is 3.36. The zero-order chi connectivity index (χ0) is 10.7. The van der Waals surface area contributed by atoms with Crippen molar-refractivity contribution in [2.45, 2.75) is 0 Å². The summed E-state index contributed by atoms with van der Waals surface area (Å²) in [5.41, 5.74) is 0.324. The standard InChI is InChI=1S/C9H3Cl2NO2/c10-8(13)6-1-5(4-12)2-7(3-6)9(11)14/h1-3H. The van der Waals surface area contributed by atoms with Crippen LogP contribution >= 0.6 is 23.2 Å². The van der Waals surface area contributed by atoms with Crippen LogP contribution < -0.4 is 0 Å². The Labute approximate surface area is 89.8 Å². The van der Waals surface area contributed by atoms with Crippen LogP contribution in [-0.4, -0.2) is 10.5 Å². The minimum Gasteiger partial charge on any atom is -0.276 e. The maximum atomic E-state index is 10.8. The third-order valence-corrected chi connectivity index (χ3v) is 1.95. The highest BCUT2D eigenvalue weighted by Crippen LogP contribution is 2.13. The molecule has 1 aromatic rings. The fraction of sp³-hybridized carbons (Fsp3) is 0. The van der Waals surface area contributed by atoms with Crippen molar-refractivity contribution in [2.75, 3.05) is 0 Å². The van der Waals surface area contributed by atoms with Crippen LogP contribution in [0, 0.1) is 11.3 Å². The van der Waals surface area contributed by atoms with Crippen molar-refractivity contribution >= 4 is 33.7 Å². The Morgan fingerprint density at radius 2 is 1.50 bits per heavy atom. The van der Waals surface area contributed by atoms with Gasteiger partial charge in [-0.3, -0.25) is 9.59 Å². The number of nitriles is 1. The lowest BCUT2D eigenvalue weighted by molar-refractivity contribution is 0.108. The Bertz CT molecular complexity index is 416. The summed E-state index contributed by atoms with van der Waals surface area (Å²) >= 11 is 10.4. The van der Waals surface area contributed by atoms with E-state index in [2.05, 4.69) is 0 Å². The molecule has 0 aliphatic rings. The first-order valence-electron chi connectivity index (χ1n) is 3.49. The van der Waals surface area contributed by atoms with Gasteiger partial charge in [-0.25, -0.2) is 0 Å². The van der Waals surface area contributed by atoms with E-state index in [-0.39, 0.29) is 16.7 Å². The summed E-state index contributed by atoms with van der Waals surface area (Å²) in [5.74, 6) is 0. The third kappa shape index (κ3) is 2.32. The van der Waals surface area contributed by atoms with Crippen molar-refractivity contribution in [2.24, 2.45) is 0 Å². The number of halogens is 2. The van der Waals surface area contributed by atoms with Crippen molar-refractivity contribution in [1.82, 2.24) is 0 Å². The number of hydrogen-bond acceptors (Lipinski definition) is 3. The lowest BCUT2D eigenvalue weighted by Gasteiger charge is -1.98. The van der Waals surface area contributed by atoms with Gasteiger partial charge in [0.05, 0.1) is 11.6 Å². The van der Waals surface area contributed by atoms with Crippen LogP contribution in [0.3, 0.4) is 0 Å². The van der Waals surface area contributed by atoms with Crippen LogP contribution in [0.1, 0.15) is 26.3 Å². The van der Waals surface area contributed by atoms with Gasteiger partial charge in [0.1, 0.15) is 0 Å². The second-order valence-electron chi connectivity index (χ2n) is 2.46. The van der Waals surface area contributed by atoms with Gasteiger partial charge in [0, 0.05) is 11.1 Å². The first kappa shape index (κ1) is 10.7. The van der Waals surface area contributed by atoms with E-state index >= 15 is 0 Å². The van der Waals surface area contributed by atoms with Crippen molar-refractivity contribution in [3.63, 3.8) is 0 Å². The molecule has 0 bridgehead atoms. The Kier molecular flexibility index (Phi) is 3.23. The minimum atomic E-state index is -0.735. The van der Waals surface area contributed by atoms with Gasteiger partial charge < -0.3 is 0 Å². The van der Waals surface area contributed by atoms with Crippen molar-refractivity contribution in [1.29, 1.82) is 5.26 Å². The van der Waals surface area contributed by atoms with Crippen LogP contribution in [0.15, 0.2) is 18.2 Å². The number of nitrogens with zero attached hydrogens (tertiary/aromatic N) is 1. The van der Waals surface area contributed by atoms with Crippen molar-refractivity contribution in [3.8, 4) is 6.07 Å². The largest absolute Gasteiger partial charge is 0.276 e. The molecule has 0 aliphatic heterocycles. The summed E-state index contributed by atoms with van der Waals surface area (Å²) in [4.78, 5) is 21.6. The fourth-order valence-corrected chi connectivity index (χ4v) is 1.14. The highest BCUT2D eigenvalue weighted by Gasteiger charge is 2.09. The molecule has 1 aromatic carbocycles. The van der Waals surface area contributed by atoms with E-state index in [1.54, 1.807) is 6.07 Å². The van der Waals surface area contributed by atoms with E-state index in [1.807, 2.05) is 0 Å². The van der Waals surface area contributed by atoms with Gasteiger partial charge in [-0.05, 0) is 41.4 Å². The average Bonchev–Trinajstić information content (AvgIpc) is 2.16. The molecule has 0 atom stereocenters. The molecule has 0 saturated carbocycles. The third-order valence-electron chi connectivity index (χ3n) is 1.52. The molecule has 14 heavy (non-hydrogen) atoms. The zero-order valence-electron chi connectivity index (χ0n) is 6.75. The second kappa shape index (κ2) is 4.23. The fourth-order valence-electron chi connectivity index (χ4n) is 0.919. The molecule has 0 aromatic heterocycles. The highest BCUT2D eigenvalue weighted by molar-refractivity contribution is 6.69. The molecule has 0 aliphatic carbocycles. The average molecular weight is 228 g/mol. The smallest absolute Gasteiger partial charge is 0.252 e. The maximum absolute atomic E-state index is 10.8. The number of carbonyl (C=O) groups is 2. The molecule has 1 rings (SSSR count). The van der Waals surface area contributed by atoms with Gasteiger partial charge >= 0.3 is 0 Å². The van der Waals surface area contributed by atoms with Gasteiger partial charge in [-0.2, -0.15) is 5.26 Å². The molecule has 0 spiro atoms. The predicted molar refractivity (Wildman–Crippen MR) is 51.5 cm³/mol. The molecule has 70 valence electrons. The first-order valence-corrected chi connectivity index (χ1v) is 4.25. The van der Waals surface area contributed by atoms with E-state index in [9.17, 15) is 9.59 Å². The molecule has 0 radical (unpaired) electrons. The summed E-state index contributed by atoms with van der Waals surface area (Å²) in [6.45, 7) is 0. The molecule has 0 heterocycles. The van der Waals surface area contributed by atoms with Crippen LogP contribution in [-0.2, 0) is 0 Å². The van der Waals surface area contributed by atoms with Gasteiger partial charge in [0.2, 0.25) is 0 Å². The van der Waals surface area contributed by atoms with Crippen LogP contribution in [0.5, 0.6) is 0 Å². The van der Waals surface area contributed by atoms with E-state index in [4.69, 9.17) is 28.5 Å². The number of hydrogen-bond donors (Lipinski definition) is 0. The molecule has 0 saturated heterocycles. The van der Waals surface area contributed by atoms with Crippen molar-refractivity contribution in [3.05, 3.63) is 34.9 Å². The quantitative estimate of drug-likeness (QED) is 0.729. The van der Waals surface area contributed by atoms with Gasteiger partial charge in [0.15, 0.2) is 0 Å². The molecular formula is C9H3Cl2NO2. The molecule has 3 nitrogen and oxygen atoms in total. The molecular weight excluding hydrogens is 225 g/mol. The number of carbonyl (C=O) groups excluding carboxylic acids is 2. The van der Waals surface area contributed by atoms with Gasteiger partial charge in [-0.1, -0.05) is 0 Å². The van der Waals surface area contributed by atoms with Gasteiger partial charge in [-0.15, -0.1) is 0 Å². The Morgan fingerprint density at radius 1 is 1.07 bits per heavy atom. The van der Waals surface area contributed by atoms with Crippen LogP contribution in [0.2, 0.25) is 0 Å². The summed E-state index contributed by atoms with van der Waals surface area (Å²) in [7, 11) is 0. The molecule has 0 unspecified atom stereocenters. The normalized spacial score (nSPS) is 9.21. The first-order chi connectivity index (χ1) is 6.54. The second-order valence-corrected chi connectivity index (χ2v) is 3.14. The highest BCUT2D eigenvalue weighted by atomic mass is 35.5. The topological polar surface area (TPSA) is 57.9 Å². The summed E-state index contributed by atoms with van der Waals surface area (Å²) < 4.78 is 0. The zero-order valence-corrected chi connectivity index (χ0v) is 8.26. The Hall–Kier alpha value is -1.37. The lowest BCUT2D eigenvalue weighted by atomic mass is 10.1. The minimum absolute atomic E-state index is 0.0784. The molecule has 0 N–H and O–H groups in total. The van der Waals surface area contributed by atoms with E-state index in [0.29, 0.717) is 0 Å². The molecule has 0 fully saturated rings. The summed E-state index contributed by atoms with van der Waals surface area (Å²) in [6, 6.07) is 5.62. The number of rotatable bonds is 2. The summed E-state index contributed by atoms with van der Waals surface area (Å²) in [6.07, 6.45) is 0. The van der Waals surface area contributed by atoms with Gasteiger partial charge in [0.25, 0.3) is 10.5 Å². The summed E-state index contributed by atoms with van der Waals surface area (Å²) in [5, 5.41) is 7.12. The van der Waals surface area contributed by atoms with Crippen LogP contribution in [0.4, 0.5) is 0 Å². The predicted octanol–water partition coefficient (Wildman–Crippen LogP) is 2.32. The Morgan fingerprint density at radius 3 is 1.79 bits per heavy atom. The van der Waals surface area contributed by atoms with Crippen LogP contribution in [0.25, 0.3) is 0 Å².